The summed E-state index contributed by atoms with van der Waals surface area (Å²) in [6.45, 7) is 8.66. The lowest BCUT2D eigenvalue weighted by molar-refractivity contribution is 0.00308. The molecule has 1 aromatic heterocycles. The van der Waals surface area contributed by atoms with Gasteiger partial charge in [0.1, 0.15) is 22.1 Å². The van der Waals surface area contributed by atoms with Crippen molar-refractivity contribution >= 4 is 50.5 Å². The lowest BCUT2D eigenvalue weighted by Gasteiger charge is -2.59. The summed E-state index contributed by atoms with van der Waals surface area (Å²) in [5.41, 5.74) is 10.1. The number of nitrogens with two attached hydrogens (primary N) is 2. The van der Waals surface area contributed by atoms with Crippen molar-refractivity contribution in [1.82, 2.24) is 35.1 Å². The zero-order chi connectivity index (χ0) is 53.6. The number of amides is 2. The standard InChI is InChI=1S/C50H62N10O11S2/c1-48(2,3)50(49(4,5)6,54-47(63)64)41(27-53-46(61)62)60(72(65)66)40-26-25-37(38-11-10-12-39(51)43(38)52)42(45-55-57-59(56-45)30-33-17-23-36(71-9)24-18-33)44(40)73(67,68)58(28-31-13-19-34(69-7)20-14-31)29-32-15-21-35(70-8)22-16-32/h10-26,41,53-54H,27-30,51-52H2,1-9H3,(H,61,62)(H,63,64)(H,65,66)/p-1. The Morgan fingerprint density at radius 2 is 1.26 bits per heavy atom. The van der Waals surface area contributed by atoms with Crippen LogP contribution in [0.5, 0.6) is 17.2 Å². The van der Waals surface area contributed by atoms with Gasteiger partial charge >= 0.3 is 12.2 Å². The molecule has 6 aromatic rings. The van der Waals surface area contributed by atoms with E-state index in [1.165, 1.54) is 38.3 Å². The van der Waals surface area contributed by atoms with Crippen molar-refractivity contribution in [3.8, 4) is 39.8 Å². The highest BCUT2D eigenvalue weighted by Crippen LogP contribution is 2.51. The topological polar surface area (TPSA) is 303 Å². The van der Waals surface area contributed by atoms with Crippen LogP contribution in [0.3, 0.4) is 0 Å². The molecule has 73 heavy (non-hydrogen) atoms. The summed E-state index contributed by atoms with van der Waals surface area (Å²) in [6, 6.07) is 26.1. The van der Waals surface area contributed by atoms with Crippen LogP contribution in [0, 0.1) is 10.8 Å². The van der Waals surface area contributed by atoms with Crippen molar-refractivity contribution < 1.29 is 51.2 Å². The number of methoxy groups -OCH3 is 3. The van der Waals surface area contributed by atoms with Gasteiger partial charge in [-0.2, -0.15) is 9.10 Å². The molecular formula is C50H61N10O11S2-. The molecule has 0 aliphatic heterocycles. The molecule has 0 spiro atoms. The number of carbonyl (C=O) groups is 2. The Labute approximate surface area is 426 Å². The summed E-state index contributed by atoms with van der Waals surface area (Å²) in [5, 5.41) is 39.2. The molecule has 23 heteroatoms. The molecule has 8 N–H and O–H groups in total. The van der Waals surface area contributed by atoms with Crippen molar-refractivity contribution in [3.63, 3.8) is 0 Å². The first-order chi connectivity index (χ1) is 34.4. The van der Waals surface area contributed by atoms with Gasteiger partial charge in [-0.25, -0.2) is 18.0 Å². The number of nitrogens with zero attached hydrogens (tertiary/aromatic N) is 6. The molecule has 21 nitrogen and oxygen atoms in total. The van der Waals surface area contributed by atoms with Gasteiger partial charge in [0.2, 0.25) is 15.8 Å². The van der Waals surface area contributed by atoms with Crippen LogP contribution in [0.1, 0.15) is 58.2 Å². The Morgan fingerprint density at radius 1 is 0.753 bits per heavy atom. The lowest BCUT2D eigenvalue weighted by atomic mass is 9.56. The quantitative estimate of drug-likeness (QED) is 0.0332. The van der Waals surface area contributed by atoms with E-state index in [1.807, 2.05) is 0 Å². The molecule has 0 bridgehead atoms. The monoisotopic (exact) mass is 1040 g/mol. The molecule has 0 saturated carbocycles. The van der Waals surface area contributed by atoms with E-state index in [1.54, 1.807) is 133 Å². The van der Waals surface area contributed by atoms with E-state index in [-0.39, 0.29) is 53.5 Å². The summed E-state index contributed by atoms with van der Waals surface area (Å²) < 4.78 is 80.2. The molecule has 1 heterocycles. The average molecular weight is 1040 g/mol. The number of nitrogens with one attached hydrogen (secondary N) is 2. The molecule has 0 aliphatic carbocycles. The van der Waals surface area contributed by atoms with Gasteiger partial charge in [0.05, 0.1) is 62.1 Å². The van der Waals surface area contributed by atoms with Crippen LogP contribution >= 0.6 is 0 Å². The Balaban J connectivity index is 1.81. The van der Waals surface area contributed by atoms with Crippen LogP contribution in [-0.2, 0) is 40.9 Å². The minimum atomic E-state index is -5.15. The van der Waals surface area contributed by atoms with Crippen molar-refractivity contribution in [2.45, 2.75) is 77.7 Å². The Morgan fingerprint density at radius 3 is 1.71 bits per heavy atom. The Kier molecular flexibility index (Phi) is 16.6. The lowest BCUT2D eigenvalue weighted by Crippen LogP contribution is -2.76. The predicted octanol–water partition coefficient (Wildman–Crippen LogP) is 6.97. The number of para-hydroxylation sites is 1. The molecule has 2 unspecified atom stereocenters. The first-order valence-corrected chi connectivity index (χ1v) is 25.2. The predicted molar refractivity (Wildman–Crippen MR) is 276 cm³/mol. The number of hydrogen-bond donors (Lipinski definition) is 6. The number of anilines is 3. The first kappa shape index (κ1) is 54.9. The number of rotatable bonds is 20. The highest BCUT2D eigenvalue weighted by atomic mass is 32.2. The number of hydrogen-bond acceptors (Lipinski definition) is 14. The van der Waals surface area contributed by atoms with E-state index in [4.69, 9.17) is 30.8 Å². The smallest absolute Gasteiger partial charge is 0.405 e. The molecule has 0 aliphatic rings. The van der Waals surface area contributed by atoms with Crippen molar-refractivity contribution in [1.29, 1.82) is 0 Å². The van der Waals surface area contributed by atoms with Crippen molar-refractivity contribution in [2.24, 2.45) is 10.8 Å². The van der Waals surface area contributed by atoms with E-state index in [0.717, 1.165) is 4.31 Å². The van der Waals surface area contributed by atoms with E-state index < -0.39 is 73.0 Å². The zero-order valence-electron chi connectivity index (χ0n) is 41.9. The third kappa shape index (κ3) is 11.8. The summed E-state index contributed by atoms with van der Waals surface area (Å²) in [5.74, 6) is 1.30. The number of benzene rings is 5. The number of carboxylic acid groups (broad SMARTS) is 2. The fourth-order valence-corrected chi connectivity index (χ4v) is 12.1. The average Bonchev–Trinajstić information content (AvgIpc) is 3.80. The van der Waals surface area contributed by atoms with Gasteiger partial charge in [-0.05, 0) is 86.8 Å². The summed E-state index contributed by atoms with van der Waals surface area (Å²) in [7, 11) is -0.640. The Hall–Kier alpha value is -7.47. The zero-order valence-corrected chi connectivity index (χ0v) is 43.6. The maximum absolute atomic E-state index is 16.6. The second-order valence-corrected chi connectivity index (χ2v) is 21.8. The number of tetrazole rings is 1. The number of ether oxygens (including phenoxy) is 3. The maximum Gasteiger partial charge on any atom is 0.405 e. The van der Waals surface area contributed by atoms with Gasteiger partial charge in [0, 0.05) is 36.5 Å². The van der Waals surface area contributed by atoms with Crippen LogP contribution in [0.4, 0.5) is 26.7 Å². The second-order valence-electron chi connectivity index (χ2n) is 19.1. The molecule has 5 aromatic carbocycles. The minimum Gasteiger partial charge on any atom is -0.755 e. The largest absolute Gasteiger partial charge is 0.755 e. The molecule has 390 valence electrons. The first-order valence-electron chi connectivity index (χ1n) is 22.7. The Bertz CT molecular complexity index is 2990. The maximum atomic E-state index is 16.6. The van der Waals surface area contributed by atoms with Gasteiger partial charge in [0.15, 0.2) is 0 Å². The molecule has 0 saturated heterocycles. The molecule has 0 radical (unpaired) electrons. The van der Waals surface area contributed by atoms with Gasteiger partial charge in [-0.3, -0.25) is 8.51 Å². The van der Waals surface area contributed by atoms with Crippen LogP contribution in [-0.4, -0.2) is 104 Å². The van der Waals surface area contributed by atoms with E-state index >= 15 is 8.42 Å². The van der Waals surface area contributed by atoms with Crippen LogP contribution in [0.25, 0.3) is 22.5 Å². The van der Waals surface area contributed by atoms with Gasteiger partial charge in [0.25, 0.3) is 0 Å². The molecule has 2 atom stereocenters. The van der Waals surface area contributed by atoms with Gasteiger partial charge < -0.3 is 51.1 Å². The van der Waals surface area contributed by atoms with Gasteiger partial charge in [-0.1, -0.05) is 96.1 Å². The molecule has 0 fully saturated rings. The fourth-order valence-electron chi connectivity index (χ4n) is 9.50. The normalized spacial score (nSPS) is 13.0. The van der Waals surface area contributed by atoms with E-state index in [0.29, 0.717) is 38.2 Å². The summed E-state index contributed by atoms with van der Waals surface area (Å²) in [4.78, 5) is 26.1. The highest BCUT2D eigenvalue weighted by Gasteiger charge is 2.59. The molecule has 6 rings (SSSR count). The second kappa shape index (κ2) is 22.1. The van der Waals surface area contributed by atoms with Crippen LogP contribution < -0.4 is 40.6 Å². The minimum absolute atomic E-state index is 0.0375. The van der Waals surface area contributed by atoms with E-state index in [2.05, 4.69) is 20.9 Å². The number of aromatic nitrogens is 4. The fraction of sp³-hybridized carbons (Fsp3) is 0.340. The third-order valence-corrected chi connectivity index (χ3v) is 15.3. The highest BCUT2D eigenvalue weighted by molar-refractivity contribution is 7.89. The van der Waals surface area contributed by atoms with Crippen molar-refractivity contribution in [2.75, 3.05) is 43.6 Å². The third-order valence-electron chi connectivity index (χ3n) is 12.7. The van der Waals surface area contributed by atoms with Gasteiger partial charge in [-0.15, -0.1) is 10.2 Å². The van der Waals surface area contributed by atoms with E-state index in [9.17, 15) is 28.6 Å². The molecule has 2 amide bonds. The van der Waals surface area contributed by atoms with Crippen LogP contribution in [0.2, 0.25) is 0 Å². The van der Waals surface area contributed by atoms with Crippen molar-refractivity contribution in [3.05, 3.63) is 120 Å². The number of nitrogen functional groups attached to an aromatic ring is 2. The van der Waals surface area contributed by atoms with Crippen LogP contribution in [0.15, 0.2) is 108 Å². The number of sulfonamides is 1. The summed E-state index contributed by atoms with van der Waals surface area (Å²) in [6.07, 6.45) is -3.14. The molecular weight excluding hydrogens is 981 g/mol. The summed E-state index contributed by atoms with van der Waals surface area (Å²) >= 11 is -3.53. The SMILES string of the molecule is COc1ccc(CN(Cc2ccc(OC)cc2)S(=O)(=O)c2c(N(C(CNC(=O)O)C(NC(=O)O)(C(C)(C)C)C(C)(C)C)S(=O)[O-])ccc(-c3cccc(N)c3N)c2-c2nnn(Cc3ccc(OC)cc3)n2)cc1.